The lowest BCUT2D eigenvalue weighted by atomic mass is 10.3. The SMILES string of the molecule is COC(=O)Oc1ccc(C(=O)NS(C)(=O)=O)cn1. The molecule has 0 aliphatic rings. The van der Waals surface area contributed by atoms with Crippen molar-refractivity contribution in [3.63, 3.8) is 0 Å². The number of sulfonamides is 1. The van der Waals surface area contributed by atoms with Crippen molar-refractivity contribution < 1.29 is 27.5 Å². The molecule has 0 radical (unpaired) electrons. The van der Waals surface area contributed by atoms with E-state index < -0.39 is 22.1 Å². The number of carbonyl (C=O) groups is 2. The average molecular weight is 274 g/mol. The maximum Gasteiger partial charge on any atom is 0.514 e. The minimum Gasteiger partial charge on any atom is -0.437 e. The zero-order valence-electron chi connectivity index (χ0n) is 9.54. The van der Waals surface area contributed by atoms with Crippen LogP contribution in [0.4, 0.5) is 4.79 Å². The first-order chi connectivity index (χ1) is 8.31. The van der Waals surface area contributed by atoms with Gasteiger partial charge >= 0.3 is 6.16 Å². The third-order valence-corrected chi connectivity index (χ3v) is 2.19. The lowest BCUT2D eigenvalue weighted by Crippen LogP contribution is -2.29. The minimum atomic E-state index is -3.64. The number of amides is 1. The van der Waals surface area contributed by atoms with Crippen LogP contribution >= 0.6 is 0 Å². The molecule has 0 atom stereocenters. The summed E-state index contributed by atoms with van der Waals surface area (Å²) in [6.45, 7) is 0. The van der Waals surface area contributed by atoms with Gasteiger partial charge in [0.1, 0.15) is 0 Å². The number of nitrogens with zero attached hydrogens (tertiary/aromatic N) is 1. The predicted octanol–water partition coefficient (Wildman–Crippen LogP) is -0.0838. The molecule has 0 fully saturated rings. The van der Waals surface area contributed by atoms with Crippen LogP contribution in [0.15, 0.2) is 18.3 Å². The zero-order chi connectivity index (χ0) is 13.8. The van der Waals surface area contributed by atoms with Gasteiger partial charge in [0.2, 0.25) is 15.9 Å². The molecule has 0 spiro atoms. The van der Waals surface area contributed by atoms with Gasteiger partial charge in [0.15, 0.2) is 0 Å². The summed E-state index contributed by atoms with van der Waals surface area (Å²) in [6, 6.07) is 2.49. The van der Waals surface area contributed by atoms with Gasteiger partial charge in [-0.05, 0) is 6.07 Å². The van der Waals surface area contributed by atoms with Crippen molar-refractivity contribution in [1.29, 1.82) is 0 Å². The lowest BCUT2D eigenvalue weighted by molar-refractivity contribution is 0.0981. The van der Waals surface area contributed by atoms with Gasteiger partial charge in [0, 0.05) is 12.3 Å². The highest BCUT2D eigenvalue weighted by Gasteiger charge is 2.12. The summed E-state index contributed by atoms with van der Waals surface area (Å²) in [6.07, 6.45) is 0.974. The first-order valence-electron chi connectivity index (χ1n) is 4.56. The van der Waals surface area contributed by atoms with E-state index in [1.807, 2.05) is 0 Å². The van der Waals surface area contributed by atoms with E-state index in [-0.39, 0.29) is 11.4 Å². The highest BCUT2D eigenvalue weighted by atomic mass is 32.2. The fourth-order valence-electron chi connectivity index (χ4n) is 0.929. The Kier molecular flexibility index (Phi) is 4.21. The molecule has 18 heavy (non-hydrogen) atoms. The molecule has 1 aromatic heterocycles. The van der Waals surface area contributed by atoms with Crippen LogP contribution in [0.1, 0.15) is 10.4 Å². The number of rotatable bonds is 3. The molecule has 1 amide bonds. The molecule has 0 aromatic carbocycles. The van der Waals surface area contributed by atoms with Gasteiger partial charge in [0.05, 0.1) is 18.9 Å². The van der Waals surface area contributed by atoms with Crippen molar-refractivity contribution in [1.82, 2.24) is 9.71 Å². The molecule has 0 saturated heterocycles. The van der Waals surface area contributed by atoms with Crippen molar-refractivity contribution in [2.24, 2.45) is 0 Å². The summed E-state index contributed by atoms with van der Waals surface area (Å²) in [5, 5.41) is 0. The summed E-state index contributed by atoms with van der Waals surface area (Å²) in [5.74, 6) is -0.896. The van der Waals surface area contributed by atoms with Crippen molar-refractivity contribution >= 4 is 22.1 Å². The number of methoxy groups -OCH3 is 1. The van der Waals surface area contributed by atoms with Gasteiger partial charge in [-0.2, -0.15) is 0 Å². The Morgan fingerprint density at radius 1 is 1.33 bits per heavy atom. The second-order valence-electron chi connectivity index (χ2n) is 3.14. The minimum absolute atomic E-state index is 0.0117. The van der Waals surface area contributed by atoms with Gasteiger partial charge < -0.3 is 9.47 Å². The fourth-order valence-corrected chi connectivity index (χ4v) is 1.38. The topological polar surface area (TPSA) is 112 Å². The fraction of sp³-hybridized carbons (Fsp3) is 0.222. The number of ether oxygens (including phenoxy) is 2. The van der Waals surface area contributed by atoms with E-state index in [0.717, 1.165) is 19.6 Å². The first-order valence-corrected chi connectivity index (χ1v) is 6.45. The molecule has 1 N–H and O–H groups in total. The highest BCUT2D eigenvalue weighted by Crippen LogP contribution is 2.08. The molecule has 0 unspecified atom stereocenters. The van der Waals surface area contributed by atoms with Gasteiger partial charge in [-0.1, -0.05) is 0 Å². The number of carbonyl (C=O) groups excluding carboxylic acids is 2. The van der Waals surface area contributed by atoms with Crippen LogP contribution in [-0.2, 0) is 14.8 Å². The first kappa shape index (κ1) is 13.9. The maximum absolute atomic E-state index is 11.4. The highest BCUT2D eigenvalue weighted by molar-refractivity contribution is 7.89. The standard InChI is InChI=1S/C9H10N2O6S/c1-16-9(13)17-7-4-3-6(5-10-7)8(12)11-18(2,14)15/h3-5H,1-2H3,(H,11,12). The largest absolute Gasteiger partial charge is 0.514 e. The molecule has 0 bridgehead atoms. The van der Waals surface area contributed by atoms with Gasteiger partial charge in [-0.25, -0.2) is 22.9 Å². The van der Waals surface area contributed by atoms with Crippen molar-refractivity contribution in [3.8, 4) is 5.88 Å². The smallest absolute Gasteiger partial charge is 0.437 e. The van der Waals surface area contributed by atoms with E-state index in [1.165, 1.54) is 12.1 Å². The molecule has 9 heteroatoms. The van der Waals surface area contributed by atoms with Crippen LogP contribution in [-0.4, -0.2) is 38.8 Å². The molecule has 8 nitrogen and oxygen atoms in total. The summed E-state index contributed by atoms with van der Waals surface area (Å²) in [4.78, 5) is 25.8. The van der Waals surface area contributed by atoms with E-state index in [2.05, 4.69) is 14.5 Å². The second kappa shape index (κ2) is 5.45. The number of hydrogen-bond donors (Lipinski definition) is 1. The second-order valence-corrected chi connectivity index (χ2v) is 4.89. The number of nitrogens with one attached hydrogen (secondary N) is 1. The normalized spacial score (nSPS) is 10.6. The monoisotopic (exact) mass is 274 g/mol. The Morgan fingerprint density at radius 2 is 2.00 bits per heavy atom. The Balaban J connectivity index is 2.77. The van der Waals surface area contributed by atoms with E-state index in [1.54, 1.807) is 4.72 Å². The predicted molar refractivity (Wildman–Crippen MR) is 59.6 cm³/mol. The molecule has 0 aliphatic carbocycles. The zero-order valence-corrected chi connectivity index (χ0v) is 10.4. The van der Waals surface area contributed by atoms with Crippen molar-refractivity contribution in [2.75, 3.05) is 13.4 Å². The number of hydrogen-bond acceptors (Lipinski definition) is 7. The van der Waals surface area contributed by atoms with Crippen LogP contribution in [0.3, 0.4) is 0 Å². The number of pyridine rings is 1. The molecule has 98 valence electrons. The molecule has 1 heterocycles. The van der Waals surface area contributed by atoms with E-state index in [9.17, 15) is 18.0 Å². The van der Waals surface area contributed by atoms with E-state index in [4.69, 9.17) is 0 Å². The average Bonchev–Trinajstić information content (AvgIpc) is 2.27. The molecular formula is C9H10N2O6S. The van der Waals surface area contributed by atoms with Crippen molar-refractivity contribution in [2.45, 2.75) is 0 Å². The summed E-state index contributed by atoms with van der Waals surface area (Å²) in [7, 11) is -2.50. The van der Waals surface area contributed by atoms with Crippen LogP contribution in [0.25, 0.3) is 0 Å². The third kappa shape index (κ3) is 4.37. The maximum atomic E-state index is 11.4. The van der Waals surface area contributed by atoms with Crippen LogP contribution in [0, 0.1) is 0 Å². The lowest BCUT2D eigenvalue weighted by Gasteiger charge is -2.03. The molecular weight excluding hydrogens is 264 g/mol. The molecule has 1 aromatic rings. The molecule has 0 saturated carbocycles. The Labute approximate surface area is 103 Å². The van der Waals surface area contributed by atoms with E-state index in [0.29, 0.717) is 0 Å². The summed E-state index contributed by atoms with van der Waals surface area (Å²) in [5.41, 5.74) is 0.0117. The van der Waals surface area contributed by atoms with Crippen LogP contribution < -0.4 is 9.46 Å². The third-order valence-electron chi connectivity index (χ3n) is 1.63. The Bertz CT molecular complexity index is 551. The van der Waals surface area contributed by atoms with Gasteiger partial charge in [-0.15, -0.1) is 0 Å². The summed E-state index contributed by atoms with van der Waals surface area (Å²) < 4.78 is 32.2. The van der Waals surface area contributed by atoms with Gasteiger partial charge in [-0.3, -0.25) is 4.79 Å². The Hall–Kier alpha value is -2.16. The number of aromatic nitrogens is 1. The molecule has 0 aliphatic heterocycles. The van der Waals surface area contributed by atoms with Crippen LogP contribution in [0.2, 0.25) is 0 Å². The quantitative estimate of drug-likeness (QED) is 0.767. The van der Waals surface area contributed by atoms with Crippen LogP contribution in [0.5, 0.6) is 5.88 Å². The van der Waals surface area contributed by atoms with Gasteiger partial charge in [0.25, 0.3) is 5.91 Å². The van der Waals surface area contributed by atoms with E-state index >= 15 is 0 Å². The van der Waals surface area contributed by atoms with Crippen molar-refractivity contribution in [3.05, 3.63) is 23.9 Å². The molecule has 1 rings (SSSR count). The summed E-state index contributed by atoms with van der Waals surface area (Å²) >= 11 is 0. The Morgan fingerprint density at radius 3 is 2.44 bits per heavy atom.